The van der Waals surface area contributed by atoms with E-state index < -0.39 is 0 Å². The molecule has 0 aliphatic rings. The van der Waals surface area contributed by atoms with E-state index in [0.717, 1.165) is 22.6 Å². The van der Waals surface area contributed by atoms with Crippen molar-refractivity contribution in [1.29, 1.82) is 0 Å². The second kappa shape index (κ2) is 8.88. The molecule has 0 fully saturated rings. The molecule has 0 amide bonds. The van der Waals surface area contributed by atoms with Gasteiger partial charge in [0.1, 0.15) is 12.1 Å². The summed E-state index contributed by atoms with van der Waals surface area (Å²) in [6.45, 7) is 11.1. The van der Waals surface area contributed by atoms with Crippen LogP contribution >= 0.6 is 11.8 Å². The Morgan fingerprint density at radius 2 is 1.71 bits per heavy atom. The van der Waals surface area contributed by atoms with E-state index in [1.54, 1.807) is 18.2 Å². The van der Waals surface area contributed by atoms with Crippen LogP contribution in [0.3, 0.4) is 0 Å². The molecule has 0 spiro atoms. The van der Waals surface area contributed by atoms with Gasteiger partial charge in [0.05, 0.1) is 0 Å². The summed E-state index contributed by atoms with van der Waals surface area (Å²) in [5.74, 6) is 1.46. The second-order valence-corrected chi connectivity index (χ2v) is 5.93. The van der Waals surface area contributed by atoms with E-state index in [4.69, 9.17) is 0 Å². The fourth-order valence-electron chi connectivity index (χ4n) is 2.13. The van der Waals surface area contributed by atoms with E-state index >= 15 is 0 Å². The molecule has 2 aromatic rings. The van der Waals surface area contributed by atoms with Crippen LogP contribution in [0.2, 0.25) is 0 Å². The molecule has 6 heteroatoms. The molecule has 1 aromatic carbocycles. The quantitative estimate of drug-likeness (QED) is 0.407. The average molecular weight is 340 g/mol. The highest BCUT2D eigenvalue weighted by molar-refractivity contribution is 7.99. The van der Waals surface area contributed by atoms with Crippen molar-refractivity contribution in [3.05, 3.63) is 67.6 Å². The van der Waals surface area contributed by atoms with Gasteiger partial charge in [-0.2, -0.15) is 4.98 Å². The lowest BCUT2D eigenvalue weighted by Gasteiger charge is -2.12. The molecule has 0 radical (unpaired) electrons. The molecule has 0 saturated heterocycles. The fraction of sp³-hybridized carbons (Fsp3) is 0.167. The van der Waals surface area contributed by atoms with Crippen molar-refractivity contribution >= 4 is 23.4 Å². The highest BCUT2D eigenvalue weighted by Crippen LogP contribution is 2.29. The van der Waals surface area contributed by atoms with Crippen molar-refractivity contribution in [3.8, 4) is 5.75 Å². The predicted octanol–water partition coefficient (Wildman–Crippen LogP) is 4.06. The Bertz CT molecular complexity index is 715. The maximum Gasteiger partial charge on any atom is 0.231 e. The van der Waals surface area contributed by atoms with Crippen LogP contribution < -0.4 is 5.32 Å². The zero-order chi connectivity index (χ0) is 17.4. The number of thioether (sulfide) groups is 1. The van der Waals surface area contributed by atoms with E-state index in [0.29, 0.717) is 23.9 Å². The normalized spacial score (nSPS) is 10.2. The number of anilines is 2. The first-order valence-corrected chi connectivity index (χ1v) is 8.42. The van der Waals surface area contributed by atoms with Crippen LogP contribution in [0.5, 0.6) is 5.75 Å². The van der Waals surface area contributed by atoms with Gasteiger partial charge in [0.15, 0.2) is 5.16 Å². The summed E-state index contributed by atoms with van der Waals surface area (Å²) in [5, 5.41) is 14.1. The number of hydrogen-bond donors (Lipinski definition) is 2. The third kappa shape index (κ3) is 4.70. The van der Waals surface area contributed by atoms with Crippen LogP contribution in [0.25, 0.3) is 0 Å². The molecule has 1 heterocycles. The van der Waals surface area contributed by atoms with Crippen LogP contribution in [-0.4, -0.2) is 25.8 Å². The minimum atomic E-state index is 0.276. The van der Waals surface area contributed by atoms with Crippen molar-refractivity contribution in [2.45, 2.75) is 18.0 Å². The molecule has 0 saturated carbocycles. The molecule has 124 valence electrons. The lowest BCUT2D eigenvalue weighted by molar-refractivity contribution is 0.464. The van der Waals surface area contributed by atoms with E-state index in [1.165, 1.54) is 18.1 Å². The first-order chi connectivity index (χ1) is 11.7. The van der Waals surface area contributed by atoms with Gasteiger partial charge in [-0.25, -0.2) is 9.97 Å². The lowest BCUT2D eigenvalue weighted by atomic mass is 10.0. The van der Waals surface area contributed by atoms with Crippen LogP contribution in [0, 0.1) is 0 Å². The topological polar surface area (TPSA) is 70.9 Å². The highest BCUT2D eigenvalue weighted by Gasteiger charge is 2.10. The van der Waals surface area contributed by atoms with Gasteiger partial charge in [-0.15, -0.1) is 19.7 Å². The summed E-state index contributed by atoms with van der Waals surface area (Å²) in [5.41, 5.74) is 2.39. The van der Waals surface area contributed by atoms with Gasteiger partial charge in [-0.3, -0.25) is 0 Å². The number of allylic oxidation sites excluding steroid dienone is 2. The number of benzene rings is 1. The predicted molar refractivity (Wildman–Crippen MR) is 99.9 cm³/mol. The molecule has 2 N–H and O–H groups in total. The number of rotatable bonds is 9. The van der Waals surface area contributed by atoms with Crippen molar-refractivity contribution in [3.63, 3.8) is 0 Å². The number of nitrogens with one attached hydrogen (secondary N) is 1. The SMILES string of the molecule is C=CCSc1ncnc(Nc2cc(CC=C)c(O)c(CC=C)c2)n1. The number of aromatic nitrogens is 3. The van der Waals surface area contributed by atoms with E-state index in [2.05, 4.69) is 40.0 Å². The Balaban J connectivity index is 2.29. The molecule has 24 heavy (non-hydrogen) atoms. The smallest absolute Gasteiger partial charge is 0.231 e. The summed E-state index contributed by atoms with van der Waals surface area (Å²) >= 11 is 1.48. The Labute approximate surface area is 146 Å². The number of aromatic hydroxyl groups is 1. The largest absolute Gasteiger partial charge is 0.507 e. The second-order valence-electron chi connectivity index (χ2n) is 4.95. The van der Waals surface area contributed by atoms with Gasteiger partial charge < -0.3 is 10.4 Å². The molecule has 1 aromatic heterocycles. The van der Waals surface area contributed by atoms with Crippen LogP contribution in [-0.2, 0) is 12.8 Å². The van der Waals surface area contributed by atoms with Crippen LogP contribution in [0.1, 0.15) is 11.1 Å². The molecule has 0 atom stereocenters. The van der Waals surface area contributed by atoms with E-state index in [9.17, 15) is 5.11 Å². The summed E-state index contributed by atoms with van der Waals surface area (Å²) in [6, 6.07) is 3.73. The first-order valence-electron chi connectivity index (χ1n) is 7.44. The number of phenolic OH excluding ortho intramolecular Hbond substituents is 1. The minimum absolute atomic E-state index is 0.276. The minimum Gasteiger partial charge on any atom is -0.507 e. The number of phenols is 1. The van der Waals surface area contributed by atoms with Gasteiger partial charge >= 0.3 is 0 Å². The highest BCUT2D eigenvalue weighted by atomic mass is 32.2. The van der Waals surface area contributed by atoms with Crippen molar-refractivity contribution in [1.82, 2.24) is 15.0 Å². The van der Waals surface area contributed by atoms with Gasteiger partial charge in [0.2, 0.25) is 5.95 Å². The maximum absolute atomic E-state index is 10.3. The number of hydrogen-bond acceptors (Lipinski definition) is 6. The molecule has 0 aliphatic carbocycles. The maximum atomic E-state index is 10.3. The van der Waals surface area contributed by atoms with Crippen molar-refractivity contribution in [2.24, 2.45) is 0 Å². The summed E-state index contributed by atoms with van der Waals surface area (Å²) in [7, 11) is 0. The standard InChI is InChI=1S/C18H20N4OS/c1-4-7-13-10-15(11-14(8-5-2)16(13)23)21-17-19-12-20-18(22-17)24-9-6-3/h4-6,10-12,23H,1-3,7-9H2,(H,19,20,21,22). The zero-order valence-electron chi connectivity index (χ0n) is 13.4. The first kappa shape index (κ1) is 17.7. The van der Waals surface area contributed by atoms with Gasteiger partial charge in [0, 0.05) is 11.4 Å². The molecule has 5 nitrogen and oxygen atoms in total. The van der Waals surface area contributed by atoms with Gasteiger partial charge in [0.25, 0.3) is 0 Å². The van der Waals surface area contributed by atoms with E-state index in [1.807, 2.05) is 12.1 Å². The average Bonchev–Trinajstić information content (AvgIpc) is 2.58. The summed E-state index contributed by atoms with van der Waals surface area (Å²) < 4.78 is 0. The Kier molecular flexibility index (Phi) is 6.57. The third-order valence-corrected chi connectivity index (χ3v) is 3.99. The van der Waals surface area contributed by atoms with Crippen LogP contribution in [0.4, 0.5) is 11.6 Å². The molecule has 0 unspecified atom stereocenters. The Hall–Kier alpha value is -2.60. The van der Waals surface area contributed by atoms with Crippen molar-refractivity contribution in [2.75, 3.05) is 11.1 Å². The Morgan fingerprint density at radius 3 is 2.29 bits per heavy atom. The molecular formula is C18H20N4OS. The lowest BCUT2D eigenvalue weighted by Crippen LogP contribution is -2.01. The third-order valence-electron chi connectivity index (χ3n) is 3.13. The summed E-state index contributed by atoms with van der Waals surface area (Å²) in [4.78, 5) is 12.6. The molecule has 2 rings (SSSR count). The van der Waals surface area contributed by atoms with Gasteiger partial charge in [-0.1, -0.05) is 30.0 Å². The fourth-order valence-corrected chi connectivity index (χ4v) is 2.67. The van der Waals surface area contributed by atoms with Gasteiger partial charge in [-0.05, 0) is 36.1 Å². The molecule has 0 bridgehead atoms. The Morgan fingerprint density at radius 1 is 1.04 bits per heavy atom. The zero-order valence-corrected chi connectivity index (χ0v) is 14.2. The van der Waals surface area contributed by atoms with Crippen molar-refractivity contribution < 1.29 is 5.11 Å². The molecular weight excluding hydrogens is 320 g/mol. The number of nitrogens with zero attached hydrogens (tertiary/aromatic N) is 3. The monoisotopic (exact) mass is 340 g/mol. The van der Waals surface area contributed by atoms with E-state index in [-0.39, 0.29) is 5.75 Å². The van der Waals surface area contributed by atoms with Crippen LogP contribution in [0.15, 0.2) is 61.6 Å². The summed E-state index contributed by atoms with van der Waals surface area (Å²) in [6.07, 6.45) is 7.92. The molecule has 0 aliphatic heterocycles.